The van der Waals surface area contributed by atoms with E-state index in [0.717, 1.165) is 33.9 Å². The van der Waals surface area contributed by atoms with Crippen molar-refractivity contribution in [3.8, 4) is 0 Å². The maximum Gasteiger partial charge on any atom is 0.293 e. The second kappa shape index (κ2) is 7.58. The van der Waals surface area contributed by atoms with Gasteiger partial charge in [0.25, 0.3) is 15.7 Å². The first-order valence-electron chi connectivity index (χ1n) is 8.13. The van der Waals surface area contributed by atoms with Crippen molar-refractivity contribution in [2.24, 2.45) is 0 Å². The third-order valence-electron chi connectivity index (χ3n) is 3.78. The van der Waals surface area contributed by atoms with Gasteiger partial charge in [0.1, 0.15) is 5.69 Å². The first kappa shape index (κ1) is 20.1. The minimum atomic E-state index is -4.00. The quantitative estimate of drug-likeness (QED) is 0.417. The van der Waals surface area contributed by atoms with Crippen LogP contribution in [0.2, 0.25) is 0 Å². The molecule has 0 amide bonds. The number of anilines is 1. The van der Waals surface area contributed by atoms with Crippen molar-refractivity contribution < 1.29 is 13.3 Å². The predicted molar refractivity (Wildman–Crippen MR) is 104 cm³/mol. The number of benzene rings is 2. The lowest BCUT2D eigenvalue weighted by Crippen LogP contribution is -2.17. The number of nitrogens with two attached hydrogens (primary N) is 1. The molecule has 0 fully saturated rings. The Balaban J connectivity index is 0.00000126. The molecule has 3 aromatic rings. The van der Waals surface area contributed by atoms with Crippen LogP contribution in [0.4, 0.5) is 11.4 Å². The zero-order chi connectivity index (χ0) is 20.4. The molecule has 0 aliphatic carbocycles. The van der Waals surface area contributed by atoms with Crippen molar-refractivity contribution in [3.05, 3.63) is 74.6 Å². The molecule has 0 atom stereocenters. The summed E-state index contributed by atoms with van der Waals surface area (Å²) in [7, 11) is -4.00. The van der Waals surface area contributed by atoms with Crippen LogP contribution < -0.4 is 11.2 Å². The number of nitrogen functional groups attached to an aromatic ring is 1. The Hall–Kier alpha value is -3.20. The Kier molecular flexibility index (Phi) is 5.65. The van der Waals surface area contributed by atoms with E-state index in [2.05, 4.69) is 0 Å². The maximum atomic E-state index is 12.9. The van der Waals surface area contributed by atoms with Crippen molar-refractivity contribution in [1.82, 2.24) is 3.97 Å². The van der Waals surface area contributed by atoms with Crippen LogP contribution in [0.3, 0.4) is 0 Å². The molecule has 8 nitrogen and oxygen atoms in total. The molecule has 0 aliphatic heterocycles. The fourth-order valence-corrected chi connectivity index (χ4v) is 3.81. The highest BCUT2D eigenvalue weighted by Crippen LogP contribution is 2.28. The Morgan fingerprint density at radius 1 is 1.07 bits per heavy atom. The van der Waals surface area contributed by atoms with Gasteiger partial charge < -0.3 is 5.73 Å². The number of pyridine rings is 1. The number of nitrogens with zero attached hydrogens (tertiary/aromatic N) is 2. The molecule has 9 heteroatoms. The van der Waals surface area contributed by atoms with Gasteiger partial charge >= 0.3 is 0 Å². The first-order chi connectivity index (χ1) is 12.7. The molecule has 0 bridgehead atoms. The number of hydrogen-bond acceptors (Lipinski definition) is 6. The lowest BCUT2D eigenvalue weighted by atomic mass is 10.1. The van der Waals surface area contributed by atoms with E-state index in [0.29, 0.717) is 0 Å². The minimum Gasteiger partial charge on any atom is -0.393 e. The van der Waals surface area contributed by atoms with Gasteiger partial charge in [-0.3, -0.25) is 14.9 Å². The van der Waals surface area contributed by atoms with Gasteiger partial charge in [-0.15, -0.1) is 0 Å². The molecular formula is C18H19N3O5S. The molecular weight excluding hydrogens is 370 g/mol. The summed E-state index contributed by atoms with van der Waals surface area (Å²) >= 11 is 0. The number of fused-ring (bicyclic) bond motifs is 1. The molecule has 1 heterocycles. The first-order valence-corrected chi connectivity index (χ1v) is 9.57. The number of aromatic nitrogens is 1. The second-order valence-corrected chi connectivity index (χ2v) is 7.29. The number of nitro benzene ring substituents is 1. The largest absolute Gasteiger partial charge is 0.393 e. The van der Waals surface area contributed by atoms with E-state index in [1.807, 2.05) is 20.8 Å². The highest BCUT2D eigenvalue weighted by molar-refractivity contribution is 7.90. The van der Waals surface area contributed by atoms with E-state index < -0.39 is 26.1 Å². The topological polar surface area (TPSA) is 125 Å². The Bertz CT molecular complexity index is 1170. The number of rotatable bonds is 3. The fraction of sp³-hybridized carbons (Fsp3) is 0.167. The lowest BCUT2D eigenvalue weighted by molar-refractivity contribution is -0.383. The van der Waals surface area contributed by atoms with Crippen LogP contribution in [0.1, 0.15) is 19.4 Å². The molecule has 0 spiro atoms. The number of nitro groups is 1. The van der Waals surface area contributed by atoms with Crippen LogP contribution in [0, 0.1) is 17.0 Å². The summed E-state index contributed by atoms with van der Waals surface area (Å²) in [6.45, 7) is 5.82. The van der Waals surface area contributed by atoms with Crippen LogP contribution in [0.5, 0.6) is 0 Å². The molecule has 0 saturated heterocycles. The van der Waals surface area contributed by atoms with E-state index in [1.54, 1.807) is 12.1 Å². The molecule has 0 aliphatic rings. The van der Waals surface area contributed by atoms with E-state index >= 15 is 0 Å². The van der Waals surface area contributed by atoms with Crippen molar-refractivity contribution in [2.75, 3.05) is 5.73 Å². The van der Waals surface area contributed by atoms with Crippen LogP contribution in [-0.4, -0.2) is 17.3 Å². The number of aryl methyl sites for hydroxylation is 1. The van der Waals surface area contributed by atoms with Crippen LogP contribution >= 0.6 is 0 Å². The summed E-state index contributed by atoms with van der Waals surface area (Å²) in [4.78, 5) is 22.4. The van der Waals surface area contributed by atoms with Gasteiger partial charge in [-0.25, -0.2) is 12.4 Å². The SMILES string of the molecule is CC.Cc1ccc(S(=O)(=O)n2ccc(=O)c3cc([N+](=O)[O-])c(N)cc32)cc1. The molecule has 0 unspecified atom stereocenters. The van der Waals surface area contributed by atoms with Gasteiger partial charge in [-0.1, -0.05) is 31.5 Å². The monoisotopic (exact) mass is 389 g/mol. The molecule has 2 N–H and O–H groups in total. The van der Waals surface area contributed by atoms with Gasteiger partial charge in [0.05, 0.1) is 20.7 Å². The molecule has 27 heavy (non-hydrogen) atoms. The van der Waals surface area contributed by atoms with E-state index in [1.165, 1.54) is 12.1 Å². The van der Waals surface area contributed by atoms with Gasteiger partial charge in [0.15, 0.2) is 5.43 Å². The van der Waals surface area contributed by atoms with Crippen LogP contribution in [0.15, 0.2) is 58.4 Å². The zero-order valence-electron chi connectivity index (χ0n) is 15.0. The minimum absolute atomic E-state index is 0.0174. The van der Waals surface area contributed by atoms with Crippen LogP contribution in [0.25, 0.3) is 10.9 Å². The van der Waals surface area contributed by atoms with Gasteiger partial charge in [-0.2, -0.15) is 0 Å². The van der Waals surface area contributed by atoms with Crippen LogP contribution in [-0.2, 0) is 10.0 Å². The van der Waals surface area contributed by atoms with Crippen molar-refractivity contribution in [1.29, 1.82) is 0 Å². The van der Waals surface area contributed by atoms with E-state index in [-0.39, 0.29) is 21.5 Å². The Morgan fingerprint density at radius 3 is 2.22 bits per heavy atom. The van der Waals surface area contributed by atoms with Crippen molar-refractivity contribution >= 4 is 32.3 Å². The zero-order valence-corrected chi connectivity index (χ0v) is 15.9. The van der Waals surface area contributed by atoms with Crippen molar-refractivity contribution in [3.63, 3.8) is 0 Å². The Labute approximate surface area is 156 Å². The second-order valence-electron chi connectivity index (χ2n) is 5.48. The van der Waals surface area contributed by atoms with Crippen molar-refractivity contribution in [2.45, 2.75) is 25.7 Å². The predicted octanol–water partition coefficient (Wildman–Crippen LogP) is 3.06. The smallest absolute Gasteiger partial charge is 0.293 e. The highest BCUT2D eigenvalue weighted by atomic mass is 32.2. The summed E-state index contributed by atoms with van der Waals surface area (Å²) in [5.74, 6) is 0. The molecule has 3 rings (SSSR count). The molecule has 0 saturated carbocycles. The van der Waals surface area contributed by atoms with E-state index in [9.17, 15) is 23.3 Å². The third kappa shape index (κ3) is 3.68. The average molecular weight is 389 g/mol. The molecule has 0 radical (unpaired) electrons. The summed E-state index contributed by atoms with van der Waals surface area (Å²) in [6, 6.07) is 9.36. The molecule has 2 aromatic carbocycles. The maximum absolute atomic E-state index is 12.9. The highest BCUT2D eigenvalue weighted by Gasteiger charge is 2.22. The Morgan fingerprint density at radius 2 is 1.67 bits per heavy atom. The third-order valence-corrected chi connectivity index (χ3v) is 5.49. The van der Waals surface area contributed by atoms with E-state index in [4.69, 9.17) is 5.73 Å². The lowest BCUT2D eigenvalue weighted by Gasteiger charge is -2.12. The summed E-state index contributed by atoms with van der Waals surface area (Å²) in [6.07, 6.45) is 1.12. The summed E-state index contributed by atoms with van der Waals surface area (Å²) in [5, 5.41) is 10.9. The normalized spacial score (nSPS) is 10.9. The summed E-state index contributed by atoms with van der Waals surface area (Å²) in [5.41, 5.74) is 5.32. The standard InChI is InChI=1S/C16H13N3O5S.C2H6/c1-10-2-4-11(5-3-10)25(23,24)18-7-6-16(20)12-8-15(19(21)22)13(17)9-14(12)18;1-2/h2-9H,17H2,1H3;1-2H3. The molecule has 142 valence electrons. The van der Waals surface area contributed by atoms with Gasteiger partial charge in [-0.05, 0) is 25.1 Å². The molecule has 1 aromatic heterocycles. The number of hydrogen-bond donors (Lipinski definition) is 1. The summed E-state index contributed by atoms with van der Waals surface area (Å²) < 4.78 is 26.7. The average Bonchev–Trinajstić information content (AvgIpc) is 2.63. The van der Waals surface area contributed by atoms with Gasteiger partial charge in [0.2, 0.25) is 0 Å². The fourth-order valence-electron chi connectivity index (χ4n) is 2.47. The van der Waals surface area contributed by atoms with Gasteiger partial charge in [0, 0.05) is 18.3 Å².